The van der Waals surface area contributed by atoms with Crippen molar-refractivity contribution in [3.8, 4) is 5.75 Å². The Morgan fingerprint density at radius 3 is 2.79 bits per heavy atom. The van der Waals surface area contributed by atoms with Crippen LogP contribution in [0, 0.1) is 10.1 Å². The molecule has 0 fully saturated rings. The molecule has 0 saturated carbocycles. The topological polar surface area (TPSA) is 98.6 Å². The molecule has 0 radical (unpaired) electrons. The monoisotopic (exact) mass is 198 g/mol. The van der Waals surface area contributed by atoms with Crippen molar-refractivity contribution in [2.24, 2.45) is 0 Å². The summed E-state index contributed by atoms with van der Waals surface area (Å²) in [6.07, 6.45) is -1.10. The normalized spacial score (nSPS) is 12.1. The van der Waals surface area contributed by atoms with Crippen molar-refractivity contribution in [3.05, 3.63) is 28.3 Å². The van der Waals surface area contributed by atoms with Gasteiger partial charge in [-0.25, -0.2) is 0 Å². The Balaban J connectivity index is 3.08. The molecule has 0 aliphatic heterocycles. The summed E-state index contributed by atoms with van der Waals surface area (Å²) in [7, 11) is 0. The molecule has 0 amide bonds. The third kappa shape index (κ3) is 2.33. The summed E-state index contributed by atoms with van der Waals surface area (Å²) < 4.78 is 4.82. The second kappa shape index (κ2) is 3.93. The number of rotatable bonds is 3. The van der Waals surface area contributed by atoms with Crippen molar-refractivity contribution in [2.45, 2.75) is 13.2 Å². The first-order valence-electron chi connectivity index (χ1n) is 3.89. The molecular formula is C8H10N2O4. The molecule has 0 saturated heterocycles. The van der Waals surface area contributed by atoms with Gasteiger partial charge in [-0.05, 0) is 19.1 Å². The SMILES string of the molecule is CC(O)Oc1ccc(N)cc1[N+](=O)[O-]. The average Bonchev–Trinajstić information content (AvgIpc) is 2.07. The maximum atomic E-state index is 10.5. The van der Waals surface area contributed by atoms with Crippen LogP contribution in [0.1, 0.15) is 6.92 Å². The average molecular weight is 198 g/mol. The second-order valence-corrected chi connectivity index (χ2v) is 2.70. The van der Waals surface area contributed by atoms with E-state index in [2.05, 4.69) is 0 Å². The van der Waals surface area contributed by atoms with Gasteiger partial charge in [0.25, 0.3) is 0 Å². The number of benzene rings is 1. The Kier molecular flexibility index (Phi) is 2.88. The van der Waals surface area contributed by atoms with Crippen molar-refractivity contribution in [2.75, 3.05) is 5.73 Å². The Morgan fingerprint density at radius 1 is 1.64 bits per heavy atom. The van der Waals surface area contributed by atoms with Gasteiger partial charge in [-0.1, -0.05) is 0 Å². The summed E-state index contributed by atoms with van der Waals surface area (Å²) in [5, 5.41) is 19.4. The first-order chi connectivity index (χ1) is 6.50. The summed E-state index contributed by atoms with van der Waals surface area (Å²) in [5.74, 6) is -0.000741. The van der Waals surface area contributed by atoms with Crippen LogP contribution in [0.5, 0.6) is 5.75 Å². The van der Waals surface area contributed by atoms with E-state index in [9.17, 15) is 10.1 Å². The fourth-order valence-electron chi connectivity index (χ4n) is 0.960. The van der Waals surface area contributed by atoms with Gasteiger partial charge >= 0.3 is 5.69 Å². The van der Waals surface area contributed by atoms with Gasteiger partial charge in [-0.2, -0.15) is 0 Å². The van der Waals surface area contributed by atoms with E-state index < -0.39 is 11.2 Å². The number of nitrogen functional groups attached to an aromatic ring is 1. The first kappa shape index (κ1) is 10.3. The van der Waals surface area contributed by atoms with Gasteiger partial charge in [-0.15, -0.1) is 0 Å². The standard InChI is InChI=1S/C8H10N2O4/c1-5(11)14-8-3-2-6(9)4-7(8)10(12)13/h2-5,11H,9H2,1H3. The first-order valence-corrected chi connectivity index (χ1v) is 3.89. The van der Waals surface area contributed by atoms with Gasteiger partial charge in [-0.3, -0.25) is 10.1 Å². The van der Waals surface area contributed by atoms with Gasteiger partial charge in [0.15, 0.2) is 12.0 Å². The Labute approximate surface area is 80.1 Å². The summed E-state index contributed by atoms with van der Waals surface area (Å²) in [4.78, 5) is 9.93. The number of hydrogen-bond donors (Lipinski definition) is 2. The van der Waals surface area contributed by atoms with Gasteiger partial charge < -0.3 is 15.6 Å². The van der Waals surface area contributed by atoms with Crippen LogP contribution in [0.3, 0.4) is 0 Å². The van der Waals surface area contributed by atoms with E-state index in [1.165, 1.54) is 25.1 Å². The summed E-state index contributed by atoms with van der Waals surface area (Å²) in [6.45, 7) is 1.36. The molecule has 1 unspecified atom stereocenters. The van der Waals surface area contributed by atoms with E-state index in [1.807, 2.05) is 0 Å². The molecule has 0 aliphatic rings. The smallest absolute Gasteiger partial charge is 0.313 e. The molecular weight excluding hydrogens is 188 g/mol. The number of aliphatic hydroxyl groups excluding tert-OH is 1. The van der Waals surface area contributed by atoms with E-state index >= 15 is 0 Å². The number of nitrogens with two attached hydrogens (primary N) is 1. The number of anilines is 1. The minimum absolute atomic E-state index is 0.000741. The van der Waals surface area contributed by atoms with Gasteiger partial charge in [0.05, 0.1) is 4.92 Å². The van der Waals surface area contributed by atoms with E-state index in [4.69, 9.17) is 15.6 Å². The lowest BCUT2D eigenvalue weighted by atomic mass is 10.2. The van der Waals surface area contributed by atoms with Crippen LogP contribution in [0.2, 0.25) is 0 Å². The molecule has 1 atom stereocenters. The predicted molar refractivity (Wildman–Crippen MR) is 49.8 cm³/mol. The maximum Gasteiger partial charge on any atom is 0.313 e. The highest BCUT2D eigenvalue weighted by Crippen LogP contribution is 2.29. The largest absolute Gasteiger partial charge is 0.458 e. The molecule has 1 aromatic carbocycles. The highest BCUT2D eigenvalue weighted by atomic mass is 16.6. The minimum Gasteiger partial charge on any atom is -0.458 e. The van der Waals surface area contributed by atoms with Crippen LogP contribution in [0.25, 0.3) is 0 Å². The molecule has 3 N–H and O–H groups in total. The third-order valence-electron chi connectivity index (χ3n) is 1.48. The van der Waals surface area contributed by atoms with Crippen LogP contribution in [0.4, 0.5) is 11.4 Å². The number of nitro groups is 1. The van der Waals surface area contributed by atoms with E-state index in [1.54, 1.807) is 0 Å². The number of ether oxygens (including phenoxy) is 1. The molecule has 0 aromatic heterocycles. The molecule has 1 aromatic rings. The van der Waals surface area contributed by atoms with Crippen molar-refractivity contribution < 1.29 is 14.8 Å². The number of nitrogens with zero attached hydrogens (tertiary/aromatic N) is 1. The molecule has 6 nitrogen and oxygen atoms in total. The molecule has 6 heteroatoms. The van der Waals surface area contributed by atoms with Crippen LogP contribution in [-0.2, 0) is 0 Å². The molecule has 14 heavy (non-hydrogen) atoms. The highest BCUT2D eigenvalue weighted by Gasteiger charge is 2.16. The molecule has 0 aliphatic carbocycles. The Hall–Kier alpha value is -1.82. The zero-order valence-electron chi connectivity index (χ0n) is 7.51. The van der Waals surface area contributed by atoms with E-state index in [-0.39, 0.29) is 17.1 Å². The summed E-state index contributed by atoms with van der Waals surface area (Å²) in [5.41, 5.74) is 5.39. The van der Waals surface area contributed by atoms with Crippen molar-refractivity contribution >= 4 is 11.4 Å². The van der Waals surface area contributed by atoms with Crippen LogP contribution in [-0.4, -0.2) is 16.3 Å². The van der Waals surface area contributed by atoms with Gasteiger partial charge in [0, 0.05) is 11.8 Å². The van der Waals surface area contributed by atoms with Crippen molar-refractivity contribution in [1.29, 1.82) is 0 Å². The van der Waals surface area contributed by atoms with E-state index in [0.29, 0.717) is 0 Å². The number of hydrogen-bond acceptors (Lipinski definition) is 5. The zero-order valence-corrected chi connectivity index (χ0v) is 7.51. The second-order valence-electron chi connectivity index (χ2n) is 2.70. The maximum absolute atomic E-state index is 10.5. The fourth-order valence-corrected chi connectivity index (χ4v) is 0.960. The lowest BCUT2D eigenvalue weighted by Crippen LogP contribution is -2.10. The summed E-state index contributed by atoms with van der Waals surface area (Å²) >= 11 is 0. The van der Waals surface area contributed by atoms with Gasteiger partial charge in [0.2, 0.25) is 0 Å². The summed E-state index contributed by atoms with van der Waals surface area (Å²) in [6, 6.07) is 3.99. The third-order valence-corrected chi connectivity index (χ3v) is 1.48. The van der Waals surface area contributed by atoms with Crippen LogP contribution in [0.15, 0.2) is 18.2 Å². The molecule has 76 valence electrons. The van der Waals surface area contributed by atoms with Crippen LogP contribution < -0.4 is 10.5 Å². The Morgan fingerprint density at radius 2 is 2.29 bits per heavy atom. The molecule has 0 heterocycles. The predicted octanol–water partition coefficient (Wildman–Crippen LogP) is 0.894. The minimum atomic E-state index is -1.10. The fraction of sp³-hybridized carbons (Fsp3) is 0.250. The van der Waals surface area contributed by atoms with Crippen molar-refractivity contribution in [1.82, 2.24) is 0 Å². The number of nitro benzene ring substituents is 1. The van der Waals surface area contributed by atoms with Crippen LogP contribution >= 0.6 is 0 Å². The van der Waals surface area contributed by atoms with Crippen molar-refractivity contribution in [3.63, 3.8) is 0 Å². The lowest BCUT2D eigenvalue weighted by molar-refractivity contribution is -0.386. The zero-order chi connectivity index (χ0) is 10.7. The molecule has 1 rings (SSSR count). The lowest BCUT2D eigenvalue weighted by Gasteiger charge is -2.08. The molecule has 0 bridgehead atoms. The van der Waals surface area contributed by atoms with E-state index in [0.717, 1.165) is 0 Å². The Bertz CT molecular complexity index is 351. The highest BCUT2D eigenvalue weighted by molar-refractivity contribution is 5.56. The quantitative estimate of drug-likeness (QED) is 0.325. The number of aliphatic hydroxyl groups is 1. The molecule has 0 spiro atoms. The van der Waals surface area contributed by atoms with Gasteiger partial charge in [0.1, 0.15) is 0 Å².